The molecule has 4 amide bonds. The summed E-state index contributed by atoms with van der Waals surface area (Å²) in [7, 11) is 0. The highest BCUT2D eigenvalue weighted by Gasteiger charge is 2.22. The molecule has 0 saturated carbocycles. The molecule has 0 aliphatic heterocycles. The van der Waals surface area contributed by atoms with E-state index in [0.29, 0.717) is 12.0 Å². The first-order valence-electron chi connectivity index (χ1n) is 10.0. The number of amides is 4. The van der Waals surface area contributed by atoms with Gasteiger partial charge in [-0.25, -0.2) is 9.59 Å². The normalized spacial score (nSPS) is 11.9. The average molecular weight is 545 g/mol. The van der Waals surface area contributed by atoms with Crippen LogP contribution in [0.4, 0.5) is 4.79 Å². The van der Waals surface area contributed by atoms with E-state index in [1.54, 1.807) is 24.3 Å². The maximum absolute atomic E-state index is 12.1. The lowest BCUT2D eigenvalue weighted by molar-refractivity contribution is -0.141. The van der Waals surface area contributed by atoms with Crippen LogP contribution in [-0.2, 0) is 23.9 Å². The number of hydrogen-bond acceptors (Lipinski definition) is 7. The molecule has 0 aromatic heterocycles. The summed E-state index contributed by atoms with van der Waals surface area (Å²) in [4.78, 5) is 68.3. The minimum absolute atomic E-state index is 0.0121. The topological polar surface area (TPSA) is 200 Å². The first-order chi connectivity index (χ1) is 16.1. The summed E-state index contributed by atoms with van der Waals surface area (Å²) in [5.74, 6) is -3.45. The Kier molecular flexibility index (Phi) is 12.7. The van der Waals surface area contributed by atoms with Crippen molar-refractivity contribution < 1.29 is 43.7 Å². The fourth-order valence-electron chi connectivity index (χ4n) is 2.53. The van der Waals surface area contributed by atoms with Gasteiger partial charge in [0.05, 0.1) is 6.54 Å². The summed E-state index contributed by atoms with van der Waals surface area (Å²) in [6.45, 7) is -0.0904. The molecule has 2 atom stereocenters. The zero-order valence-corrected chi connectivity index (χ0v) is 19.5. The van der Waals surface area contributed by atoms with E-state index in [1.807, 2.05) is 0 Å². The number of hydrogen-bond donors (Lipinski definition) is 6. The van der Waals surface area contributed by atoms with E-state index in [9.17, 15) is 28.8 Å². The molecule has 1 aromatic rings. The molecular weight excluding hydrogens is 520 g/mol. The second-order valence-corrected chi connectivity index (χ2v) is 7.75. The van der Waals surface area contributed by atoms with Gasteiger partial charge in [0.1, 0.15) is 6.04 Å². The number of carboxylic acid groups (broad SMARTS) is 2. The first-order valence-corrected chi connectivity index (χ1v) is 10.8. The van der Waals surface area contributed by atoms with Gasteiger partial charge >= 0.3 is 18.0 Å². The van der Waals surface area contributed by atoms with Crippen LogP contribution in [0.25, 0.3) is 0 Å². The number of ether oxygens (including phenoxy) is 1. The van der Waals surface area contributed by atoms with Crippen LogP contribution in [0.3, 0.4) is 0 Å². The van der Waals surface area contributed by atoms with Crippen LogP contribution in [0.2, 0.25) is 0 Å². The largest absolute Gasteiger partial charge is 0.481 e. The van der Waals surface area contributed by atoms with Crippen LogP contribution in [0.5, 0.6) is 0 Å². The molecular formula is C20H25BrN4O9. The highest BCUT2D eigenvalue weighted by Crippen LogP contribution is 2.10. The SMILES string of the molecule is O=CO[C@@H](CNC(=O)N[C@@H](CCC(=O)O)C(=O)O)NC(=O)CCCNC(=O)c1ccc(Br)cc1. The first kappa shape index (κ1) is 28.4. The summed E-state index contributed by atoms with van der Waals surface area (Å²) in [5, 5.41) is 27.0. The summed E-state index contributed by atoms with van der Waals surface area (Å²) in [6.07, 6.45) is -1.74. The number of nitrogens with one attached hydrogen (secondary N) is 4. The van der Waals surface area contributed by atoms with Gasteiger partial charge in [0.15, 0.2) is 6.23 Å². The number of halogens is 1. The van der Waals surface area contributed by atoms with Gasteiger partial charge in [-0.3, -0.25) is 19.2 Å². The summed E-state index contributed by atoms with van der Waals surface area (Å²) < 4.78 is 5.52. The molecule has 0 heterocycles. The third-order valence-electron chi connectivity index (χ3n) is 4.21. The van der Waals surface area contributed by atoms with Crippen molar-refractivity contribution in [2.45, 2.75) is 38.0 Å². The Labute approximate surface area is 202 Å². The Morgan fingerprint density at radius 1 is 1.00 bits per heavy atom. The molecule has 6 N–H and O–H groups in total. The van der Waals surface area contributed by atoms with E-state index in [1.165, 1.54) is 0 Å². The molecule has 0 aliphatic rings. The van der Waals surface area contributed by atoms with E-state index in [0.717, 1.165) is 4.47 Å². The van der Waals surface area contributed by atoms with Gasteiger partial charge in [0, 0.05) is 29.4 Å². The van der Waals surface area contributed by atoms with Crippen LogP contribution in [0, 0.1) is 0 Å². The number of rotatable bonds is 15. The van der Waals surface area contributed by atoms with Crippen molar-refractivity contribution in [3.05, 3.63) is 34.3 Å². The highest BCUT2D eigenvalue weighted by atomic mass is 79.9. The third-order valence-corrected chi connectivity index (χ3v) is 4.74. The van der Waals surface area contributed by atoms with Crippen molar-refractivity contribution in [2.75, 3.05) is 13.1 Å². The van der Waals surface area contributed by atoms with E-state index >= 15 is 0 Å². The molecule has 0 radical (unpaired) electrons. The number of carbonyl (C=O) groups excluding carboxylic acids is 4. The maximum atomic E-state index is 12.1. The van der Waals surface area contributed by atoms with Crippen LogP contribution in [0.1, 0.15) is 36.0 Å². The van der Waals surface area contributed by atoms with Crippen LogP contribution < -0.4 is 21.3 Å². The van der Waals surface area contributed by atoms with Gasteiger partial charge in [-0.05, 0) is 37.1 Å². The van der Waals surface area contributed by atoms with Gasteiger partial charge < -0.3 is 36.2 Å². The molecule has 0 aliphatic carbocycles. The molecule has 0 spiro atoms. The molecule has 0 bridgehead atoms. The van der Waals surface area contributed by atoms with Gasteiger partial charge in [0.25, 0.3) is 12.4 Å². The zero-order chi connectivity index (χ0) is 25.5. The van der Waals surface area contributed by atoms with Crippen molar-refractivity contribution >= 4 is 52.2 Å². The van der Waals surface area contributed by atoms with Crippen LogP contribution >= 0.6 is 15.9 Å². The standard InChI is InChI=1S/C20H25BrN4O9/c21-13-5-3-12(4-6-13)18(30)22-9-1-2-15(27)25-16(34-11-26)10-23-20(33)24-14(19(31)32)7-8-17(28)29/h3-6,11,14,16H,1-2,7-10H2,(H,22,30)(H,25,27)(H,28,29)(H,31,32)(H2,23,24,33)/t14-,16-/m0/s1. The van der Waals surface area contributed by atoms with Gasteiger partial charge in [-0.1, -0.05) is 15.9 Å². The van der Waals surface area contributed by atoms with E-state index in [-0.39, 0.29) is 38.3 Å². The fourth-order valence-corrected chi connectivity index (χ4v) is 2.79. The second kappa shape index (κ2) is 15.2. The Morgan fingerprint density at radius 3 is 2.26 bits per heavy atom. The maximum Gasteiger partial charge on any atom is 0.326 e. The predicted octanol–water partition coefficient (Wildman–Crippen LogP) is 0.192. The summed E-state index contributed by atoms with van der Waals surface area (Å²) in [6, 6.07) is 4.33. The predicted molar refractivity (Wildman–Crippen MR) is 120 cm³/mol. The molecule has 186 valence electrons. The fraction of sp³-hybridized carbons (Fsp3) is 0.400. The van der Waals surface area contributed by atoms with E-state index in [4.69, 9.17) is 10.2 Å². The lowest BCUT2D eigenvalue weighted by Crippen LogP contribution is -2.51. The number of carboxylic acids is 2. The number of aliphatic carboxylic acids is 2. The van der Waals surface area contributed by atoms with Gasteiger partial charge in [-0.15, -0.1) is 0 Å². The van der Waals surface area contributed by atoms with Crippen LogP contribution in [-0.4, -0.2) is 71.8 Å². The second-order valence-electron chi connectivity index (χ2n) is 6.83. The smallest absolute Gasteiger partial charge is 0.326 e. The van der Waals surface area contributed by atoms with Gasteiger partial charge in [-0.2, -0.15) is 0 Å². The highest BCUT2D eigenvalue weighted by molar-refractivity contribution is 9.10. The average Bonchev–Trinajstić information content (AvgIpc) is 2.78. The molecule has 0 saturated heterocycles. The minimum atomic E-state index is -1.44. The van der Waals surface area contributed by atoms with Crippen molar-refractivity contribution in [3.8, 4) is 0 Å². The summed E-state index contributed by atoms with van der Waals surface area (Å²) >= 11 is 3.27. The van der Waals surface area contributed by atoms with E-state index in [2.05, 4.69) is 41.9 Å². The Hall–Kier alpha value is -3.68. The molecule has 13 nitrogen and oxygen atoms in total. The molecule has 1 aromatic carbocycles. The third kappa shape index (κ3) is 11.8. The summed E-state index contributed by atoms with van der Waals surface area (Å²) in [5.41, 5.74) is 0.463. The number of benzene rings is 1. The number of urea groups is 1. The van der Waals surface area contributed by atoms with Crippen molar-refractivity contribution in [2.24, 2.45) is 0 Å². The Morgan fingerprint density at radius 2 is 1.68 bits per heavy atom. The lowest BCUT2D eigenvalue weighted by Gasteiger charge is -2.19. The van der Waals surface area contributed by atoms with E-state index < -0.39 is 42.6 Å². The molecule has 34 heavy (non-hydrogen) atoms. The quantitative estimate of drug-likeness (QED) is 0.101. The Balaban J connectivity index is 2.38. The van der Waals surface area contributed by atoms with Crippen molar-refractivity contribution in [1.82, 2.24) is 21.3 Å². The molecule has 0 fully saturated rings. The van der Waals surface area contributed by atoms with Crippen molar-refractivity contribution in [3.63, 3.8) is 0 Å². The van der Waals surface area contributed by atoms with Crippen molar-refractivity contribution in [1.29, 1.82) is 0 Å². The van der Waals surface area contributed by atoms with Gasteiger partial charge in [0.2, 0.25) is 5.91 Å². The zero-order valence-electron chi connectivity index (χ0n) is 17.9. The molecule has 0 unspecified atom stereocenters. The van der Waals surface area contributed by atoms with Crippen LogP contribution in [0.15, 0.2) is 28.7 Å². The molecule has 1 rings (SSSR count). The monoisotopic (exact) mass is 544 g/mol. The number of carbonyl (C=O) groups is 6. The Bertz CT molecular complexity index is 879. The molecule has 14 heteroatoms. The lowest BCUT2D eigenvalue weighted by atomic mass is 10.1. The minimum Gasteiger partial charge on any atom is -0.481 e.